The summed E-state index contributed by atoms with van der Waals surface area (Å²) in [5.74, 6) is -0.155. The standard InChI is InChI=1S/C27H32O11/c1-10-8-13(33-3)17(27(31)32)18-15(10)25(36-6)19-16(26(18)37-7)14(34-4)9-12(23(19)35-5)24-22(30)21(29)20(28)11(2)38-24/h8-9,11,20-22,24,28-30H,1-7H3,(H,31,32)/t11-,20+,21+,22-,24+/m0/s1. The fourth-order valence-electron chi connectivity index (χ4n) is 5.34. The van der Waals surface area contributed by atoms with Crippen LogP contribution in [0.3, 0.4) is 0 Å². The van der Waals surface area contributed by atoms with Crippen LogP contribution in [-0.4, -0.2) is 86.4 Å². The summed E-state index contributed by atoms with van der Waals surface area (Å²) in [6.45, 7) is 3.37. The van der Waals surface area contributed by atoms with Crippen molar-refractivity contribution in [3.8, 4) is 28.7 Å². The molecule has 38 heavy (non-hydrogen) atoms. The monoisotopic (exact) mass is 532 g/mol. The SMILES string of the molecule is COc1cc(C)c2c(OC)c3c(OC)c([C@H]4O[C@@H](C)[C@@H](O)[C@@H](O)[C@@H]4O)cc(OC)c3c(OC)c2c1C(=O)O. The van der Waals surface area contributed by atoms with Crippen LogP contribution in [0.25, 0.3) is 21.5 Å². The first-order chi connectivity index (χ1) is 18.1. The number of ether oxygens (including phenoxy) is 6. The van der Waals surface area contributed by atoms with Gasteiger partial charge in [0.1, 0.15) is 58.7 Å². The third-order valence-corrected chi connectivity index (χ3v) is 7.09. The van der Waals surface area contributed by atoms with Gasteiger partial charge in [0, 0.05) is 16.3 Å². The second kappa shape index (κ2) is 10.3. The maximum Gasteiger partial charge on any atom is 0.340 e. The van der Waals surface area contributed by atoms with Gasteiger partial charge < -0.3 is 48.8 Å². The van der Waals surface area contributed by atoms with E-state index in [2.05, 4.69) is 0 Å². The van der Waals surface area contributed by atoms with E-state index in [1.165, 1.54) is 35.5 Å². The largest absolute Gasteiger partial charge is 0.496 e. The number of hydrogen-bond acceptors (Lipinski definition) is 10. The normalized spacial score (nSPS) is 23.4. The summed E-state index contributed by atoms with van der Waals surface area (Å²) in [7, 11) is 7.09. The van der Waals surface area contributed by atoms with Gasteiger partial charge in [-0.3, -0.25) is 0 Å². The van der Waals surface area contributed by atoms with Crippen LogP contribution in [0, 0.1) is 6.92 Å². The first kappa shape index (κ1) is 27.5. The van der Waals surface area contributed by atoms with Gasteiger partial charge >= 0.3 is 5.97 Å². The second-order valence-corrected chi connectivity index (χ2v) is 9.08. The molecule has 1 saturated heterocycles. The van der Waals surface area contributed by atoms with E-state index < -0.39 is 36.5 Å². The van der Waals surface area contributed by atoms with E-state index in [9.17, 15) is 25.2 Å². The van der Waals surface area contributed by atoms with Gasteiger partial charge in [0.2, 0.25) is 0 Å². The average Bonchev–Trinajstić information content (AvgIpc) is 2.91. The number of aliphatic hydroxyl groups excluding tert-OH is 3. The Balaban J connectivity index is 2.26. The van der Waals surface area contributed by atoms with Gasteiger partial charge in [0.05, 0.1) is 52.4 Å². The number of aliphatic hydroxyl groups is 3. The highest BCUT2D eigenvalue weighted by Gasteiger charge is 2.44. The molecule has 0 unspecified atom stereocenters. The van der Waals surface area contributed by atoms with E-state index >= 15 is 0 Å². The van der Waals surface area contributed by atoms with Crippen LogP contribution in [-0.2, 0) is 4.74 Å². The molecule has 0 saturated carbocycles. The number of carboxylic acid groups (broad SMARTS) is 1. The number of fused-ring (bicyclic) bond motifs is 2. The molecule has 3 aromatic rings. The topological polar surface area (TPSA) is 153 Å². The first-order valence-corrected chi connectivity index (χ1v) is 11.8. The lowest BCUT2D eigenvalue weighted by Gasteiger charge is -2.40. The Morgan fingerprint density at radius 3 is 1.84 bits per heavy atom. The Kier molecular flexibility index (Phi) is 7.48. The molecule has 5 atom stereocenters. The molecule has 1 fully saturated rings. The third-order valence-electron chi connectivity index (χ3n) is 7.09. The maximum absolute atomic E-state index is 12.5. The zero-order valence-electron chi connectivity index (χ0n) is 22.2. The molecular formula is C27H32O11. The van der Waals surface area contributed by atoms with E-state index in [1.807, 2.05) is 0 Å². The fourth-order valence-corrected chi connectivity index (χ4v) is 5.34. The van der Waals surface area contributed by atoms with Crippen LogP contribution >= 0.6 is 0 Å². The van der Waals surface area contributed by atoms with E-state index in [1.54, 1.807) is 26.0 Å². The molecule has 0 aromatic heterocycles. The van der Waals surface area contributed by atoms with Crippen LogP contribution in [0.15, 0.2) is 12.1 Å². The number of hydrogen-bond donors (Lipinski definition) is 4. The number of carbonyl (C=O) groups is 1. The number of aryl methyl sites for hydroxylation is 1. The Labute approximate surface area is 219 Å². The number of carboxylic acids is 1. The van der Waals surface area contributed by atoms with Crippen molar-refractivity contribution in [3.05, 3.63) is 28.8 Å². The molecule has 0 bridgehead atoms. The van der Waals surface area contributed by atoms with Gasteiger partial charge in [0.25, 0.3) is 0 Å². The zero-order valence-corrected chi connectivity index (χ0v) is 22.2. The van der Waals surface area contributed by atoms with Gasteiger partial charge in [-0.25, -0.2) is 4.79 Å². The van der Waals surface area contributed by atoms with Gasteiger partial charge in [-0.15, -0.1) is 0 Å². The molecule has 206 valence electrons. The van der Waals surface area contributed by atoms with Crippen molar-refractivity contribution < 1.29 is 53.6 Å². The molecule has 0 radical (unpaired) electrons. The van der Waals surface area contributed by atoms with Crippen molar-refractivity contribution in [1.29, 1.82) is 0 Å². The highest BCUT2D eigenvalue weighted by molar-refractivity contribution is 6.21. The lowest BCUT2D eigenvalue weighted by molar-refractivity contribution is -0.219. The predicted octanol–water partition coefficient (Wildman–Crippen LogP) is 2.59. The summed E-state index contributed by atoms with van der Waals surface area (Å²) in [4.78, 5) is 12.5. The number of methoxy groups -OCH3 is 5. The van der Waals surface area contributed by atoms with Gasteiger partial charge in [-0.1, -0.05) is 0 Å². The summed E-state index contributed by atoms with van der Waals surface area (Å²) in [5, 5.41) is 43.1. The van der Waals surface area contributed by atoms with Gasteiger partial charge in [-0.2, -0.15) is 0 Å². The van der Waals surface area contributed by atoms with Crippen LogP contribution in [0.5, 0.6) is 28.7 Å². The average molecular weight is 533 g/mol. The van der Waals surface area contributed by atoms with Gasteiger partial charge in [0.15, 0.2) is 0 Å². The van der Waals surface area contributed by atoms with Crippen molar-refractivity contribution in [3.63, 3.8) is 0 Å². The molecule has 4 rings (SSSR count). The molecule has 3 aromatic carbocycles. The summed E-state index contributed by atoms with van der Waals surface area (Å²) in [6, 6.07) is 3.16. The molecule has 0 aliphatic carbocycles. The van der Waals surface area contributed by atoms with Crippen molar-refractivity contribution in [2.75, 3.05) is 35.5 Å². The molecule has 1 aliphatic heterocycles. The number of rotatable bonds is 7. The third kappa shape index (κ3) is 3.93. The van der Waals surface area contributed by atoms with Crippen LogP contribution < -0.4 is 23.7 Å². The van der Waals surface area contributed by atoms with Crippen LogP contribution in [0.2, 0.25) is 0 Å². The van der Waals surface area contributed by atoms with E-state index in [4.69, 9.17) is 28.4 Å². The quantitative estimate of drug-likeness (QED) is 0.332. The Hall–Kier alpha value is -3.51. The Bertz CT molecular complexity index is 1400. The molecule has 0 spiro atoms. The summed E-state index contributed by atoms with van der Waals surface area (Å²) >= 11 is 0. The van der Waals surface area contributed by atoms with Crippen LogP contribution in [0.1, 0.15) is 34.5 Å². The molecule has 1 aliphatic rings. The maximum atomic E-state index is 12.5. The highest BCUT2D eigenvalue weighted by Crippen LogP contribution is 2.55. The number of aromatic carboxylic acids is 1. The van der Waals surface area contributed by atoms with Crippen molar-refractivity contribution in [2.24, 2.45) is 0 Å². The molecule has 1 heterocycles. The van der Waals surface area contributed by atoms with E-state index in [0.29, 0.717) is 27.3 Å². The van der Waals surface area contributed by atoms with Gasteiger partial charge in [-0.05, 0) is 31.5 Å². The molecule has 0 amide bonds. The van der Waals surface area contributed by atoms with E-state index in [-0.39, 0.29) is 39.7 Å². The van der Waals surface area contributed by atoms with Crippen molar-refractivity contribution in [2.45, 2.75) is 44.4 Å². The van der Waals surface area contributed by atoms with Crippen molar-refractivity contribution >= 4 is 27.5 Å². The van der Waals surface area contributed by atoms with Crippen molar-refractivity contribution in [1.82, 2.24) is 0 Å². The minimum Gasteiger partial charge on any atom is -0.496 e. The second-order valence-electron chi connectivity index (χ2n) is 9.08. The minimum atomic E-state index is -1.49. The molecule has 11 nitrogen and oxygen atoms in total. The molecular weight excluding hydrogens is 500 g/mol. The molecule has 4 N–H and O–H groups in total. The van der Waals surface area contributed by atoms with Crippen LogP contribution in [0.4, 0.5) is 0 Å². The summed E-state index contributed by atoms with van der Waals surface area (Å²) < 4.78 is 34.6. The fraction of sp³-hybridized carbons (Fsp3) is 0.444. The first-order valence-electron chi connectivity index (χ1n) is 11.8. The Morgan fingerprint density at radius 1 is 0.737 bits per heavy atom. The molecule has 11 heteroatoms. The summed E-state index contributed by atoms with van der Waals surface area (Å²) in [6.07, 6.45) is -6.16. The highest BCUT2D eigenvalue weighted by atomic mass is 16.5. The smallest absolute Gasteiger partial charge is 0.340 e. The predicted molar refractivity (Wildman–Crippen MR) is 137 cm³/mol. The lowest BCUT2D eigenvalue weighted by Crippen LogP contribution is -2.53. The Morgan fingerprint density at radius 2 is 1.32 bits per heavy atom. The zero-order chi connectivity index (χ0) is 28.0. The summed E-state index contributed by atoms with van der Waals surface area (Å²) in [5.41, 5.74) is 0.852. The lowest BCUT2D eigenvalue weighted by atomic mass is 9.87. The number of benzene rings is 3. The van der Waals surface area contributed by atoms with E-state index in [0.717, 1.165) is 0 Å². The minimum absolute atomic E-state index is 0.118.